The number of aromatic nitrogens is 2. The molecule has 0 spiro atoms. The van der Waals surface area contributed by atoms with Crippen LogP contribution in [0.4, 0.5) is 16.5 Å². The highest BCUT2D eigenvalue weighted by Crippen LogP contribution is 2.26. The standard InChI is InChI=1S/C23H21N5OS.H3N.H2/c24-19-8-4-5-9-20(19)26-14-18(16-6-2-1-3-7-16)22(29)28-23-27-21(15-30-23)17-10-12-25-13-11-17;;/h1-13,15,18,26H,14,24H2,(H,27,28,29);1H3;1H. The van der Waals surface area contributed by atoms with Crippen molar-refractivity contribution in [2.45, 2.75) is 5.92 Å². The number of rotatable bonds is 7. The van der Waals surface area contributed by atoms with Gasteiger partial charge in [-0.2, -0.15) is 0 Å². The fourth-order valence-corrected chi connectivity index (χ4v) is 3.82. The van der Waals surface area contributed by atoms with Crippen molar-refractivity contribution < 1.29 is 6.22 Å². The lowest BCUT2D eigenvalue weighted by atomic mass is 9.98. The van der Waals surface area contributed by atoms with Crippen molar-refractivity contribution in [3.63, 3.8) is 0 Å². The van der Waals surface area contributed by atoms with Crippen molar-refractivity contribution >= 4 is 33.8 Å². The monoisotopic (exact) mass is 434 g/mol. The van der Waals surface area contributed by atoms with Crippen LogP contribution in [0.25, 0.3) is 11.3 Å². The van der Waals surface area contributed by atoms with Gasteiger partial charge >= 0.3 is 0 Å². The van der Waals surface area contributed by atoms with Gasteiger partial charge in [-0.1, -0.05) is 42.5 Å². The van der Waals surface area contributed by atoms with Crippen molar-refractivity contribution in [1.29, 1.82) is 0 Å². The second-order valence-electron chi connectivity index (χ2n) is 6.69. The quantitative estimate of drug-likeness (QED) is 0.302. The smallest absolute Gasteiger partial charge is 0.235 e. The third-order valence-corrected chi connectivity index (χ3v) is 5.44. The summed E-state index contributed by atoms with van der Waals surface area (Å²) in [6, 6.07) is 21.0. The van der Waals surface area contributed by atoms with E-state index in [1.165, 1.54) is 11.3 Å². The number of nitrogens with two attached hydrogens (primary N) is 1. The van der Waals surface area contributed by atoms with Crippen LogP contribution in [0.2, 0.25) is 0 Å². The van der Waals surface area contributed by atoms with Gasteiger partial charge in [0.15, 0.2) is 5.13 Å². The highest BCUT2D eigenvalue weighted by molar-refractivity contribution is 7.14. The molecule has 7 N–H and O–H groups in total. The van der Waals surface area contributed by atoms with Gasteiger partial charge in [0, 0.05) is 31.3 Å². The summed E-state index contributed by atoms with van der Waals surface area (Å²) in [7, 11) is 0. The summed E-state index contributed by atoms with van der Waals surface area (Å²) in [5.74, 6) is -0.530. The number of carbonyl (C=O) groups excluding carboxylic acids is 1. The lowest BCUT2D eigenvalue weighted by molar-refractivity contribution is -0.117. The maximum atomic E-state index is 13.1. The molecular formula is C23H26N6OS. The molecule has 0 aliphatic heterocycles. The van der Waals surface area contributed by atoms with Crippen LogP contribution in [0.5, 0.6) is 0 Å². The molecule has 0 fully saturated rings. The zero-order valence-corrected chi connectivity index (χ0v) is 17.7. The predicted octanol–water partition coefficient (Wildman–Crippen LogP) is 5.03. The van der Waals surface area contributed by atoms with E-state index in [1.807, 2.05) is 72.1 Å². The second-order valence-corrected chi connectivity index (χ2v) is 7.55. The maximum absolute atomic E-state index is 13.1. The van der Waals surface area contributed by atoms with E-state index < -0.39 is 5.92 Å². The highest BCUT2D eigenvalue weighted by Gasteiger charge is 2.22. The molecule has 0 saturated heterocycles. The summed E-state index contributed by atoms with van der Waals surface area (Å²) in [5, 5.41) is 8.75. The Morgan fingerprint density at radius 3 is 2.48 bits per heavy atom. The Hall–Kier alpha value is -3.75. The summed E-state index contributed by atoms with van der Waals surface area (Å²) >= 11 is 1.40. The van der Waals surface area contributed by atoms with Gasteiger partial charge in [-0.3, -0.25) is 9.78 Å². The first kappa shape index (κ1) is 21.9. The Kier molecular flexibility index (Phi) is 7.31. The molecule has 0 aliphatic rings. The first-order valence-corrected chi connectivity index (χ1v) is 10.4. The van der Waals surface area contributed by atoms with E-state index in [-0.39, 0.29) is 13.5 Å². The van der Waals surface area contributed by atoms with Crippen LogP contribution in [0.1, 0.15) is 12.9 Å². The first-order chi connectivity index (χ1) is 14.7. The fourth-order valence-electron chi connectivity index (χ4n) is 3.10. The van der Waals surface area contributed by atoms with Gasteiger partial charge < -0.3 is 22.5 Å². The van der Waals surface area contributed by atoms with Crippen molar-refractivity contribution in [3.05, 3.63) is 90.1 Å². The third-order valence-electron chi connectivity index (χ3n) is 4.69. The summed E-state index contributed by atoms with van der Waals surface area (Å²) in [6.45, 7) is 0.409. The number of benzene rings is 2. The molecule has 2 aromatic carbocycles. The molecule has 7 nitrogen and oxygen atoms in total. The van der Waals surface area contributed by atoms with Crippen LogP contribution in [-0.2, 0) is 4.79 Å². The lowest BCUT2D eigenvalue weighted by Gasteiger charge is -2.18. The summed E-state index contributed by atoms with van der Waals surface area (Å²) in [4.78, 5) is 21.7. The number of hydrogen-bond acceptors (Lipinski definition) is 7. The van der Waals surface area contributed by atoms with E-state index in [2.05, 4.69) is 20.6 Å². The van der Waals surface area contributed by atoms with Crippen molar-refractivity contribution in [2.75, 3.05) is 22.9 Å². The van der Waals surface area contributed by atoms with Crippen LogP contribution in [0, 0.1) is 0 Å². The third kappa shape index (κ3) is 5.44. The predicted molar refractivity (Wildman–Crippen MR) is 130 cm³/mol. The number of pyridine rings is 1. The molecule has 0 saturated carbocycles. The van der Waals surface area contributed by atoms with Gasteiger partial charge in [0.05, 0.1) is 23.0 Å². The number of amides is 1. The molecule has 0 bridgehead atoms. The van der Waals surface area contributed by atoms with Gasteiger partial charge in [-0.05, 0) is 29.8 Å². The van der Waals surface area contributed by atoms with Crippen molar-refractivity contribution in [3.8, 4) is 11.3 Å². The average Bonchev–Trinajstić information content (AvgIpc) is 3.25. The minimum atomic E-state index is -0.404. The second kappa shape index (κ2) is 10.3. The number of anilines is 3. The van der Waals surface area contributed by atoms with E-state index >= 15 is 0 Å². The molecule has 1 atom stereocenters. The Morgan fingerprint density at radius 1 is 1.03 bits per heavy atom. The number of hydrogen-bond donors (Lipinski definition) is 4. The van der Waals surface area contributed by atoms with E-state index in [9.17, 15) is 4.79 Å². The van der Waals surface area contributed by atoms with Crippen molar-refractivity contribution in [2.24, 2.45) is 0 Å². The molecule has 160 valence electrons. The van der Waals surface area contributed by atoms with Crippen LogP contribution in [-0.4, -0.2) is 22.4 Å². The summed E-state index contributed by atoms with van der Waals surface area (Å²) in [6.07, 6.45) is 3.44. The van der Waals surface area contributed by atoms with Crippen molar-refractivity contribution in [1.82, 2.24) is 16.1 Å². The number of nitrogens with one attached hydrogen (secondary N) is 2. The first-order valence-electron chi connectivity index (χ1n) is 9.51. The Morgan fingerprint density at radius 2 is 1.74 bits per heavy atom. The van der Waals surface area contributed by atoms with Gasteiger partial charge in [0.1, 0.15) is 0 Å². The minimum Gasteiger partial charge on any atom is -0.397 e. The minimum absolute atomic E-state index is 0. The normalized spacial score (nSPS) is 11.2. The van der Waals surface area contributed by atoms with Crippen LogP contribution in [0.15, 0.2) is 84.5 Å². The number of thiazole rings is 1. The van der Waals surface area contributed by atoms with Gasteiger partial charge in [0.25, 0.3) is 0 Å². The molecule has 1 amide bonds. The van der Waals surface area contributed by atoms with Gasteiger partial charge in [-0.15, -0.1) is 11.3 Å². The number of nitrogens with zero attached hydrogens (tertiary/aromatic N) is 2. The molecule has 0 aliphatic carbocycles. The zero-order valence-electron chi connectivity index (χ0n) is 16.9. The van der Waals surface area contributed by atoms with Gasteiger partial charge in [-0.25, -0.2) is 4.98 Å². The van der Waals surface area contributed by atoms with E-state index in [0.29, 0.717) is 17.4 Å². The summed E-state index contributed by atoms with van der Waals surface area (Å²) in [5.41, 5.74) is 10.2. The van der Waals surface area contributed by atoms with E-state index in [4.69, 9.17) is 5.73 Å². The Bertz CT molecular complexity index is 1120. The van der Waals surface area contributed by atoms with Crippen LogP contribution >= 0.6 is 11.3 Å². The highest BCUT2D eigenvalue weighted by atomic mass is 32.1. The molecule has 4 rings (SSSR count). The molecule has 1 unspecified atom stereocenters. The number of nitrogen functional groups attached to an aromatic ring is 1. The zero-order chi connectivity index (χ0) is 20.8. The number of carbonyl (C=O) groups is 1. The molecule has 31 heavy (non-hydrogen) atoms. The van der Waals surface area contributed by atoms with Crippen LogP contribution in [0.3, 0.4) is 0 Å². The average molecular weight is 435 g/mol. The molecule has 4 aromatic rings. The molecule has 2 aromatic heterocycles. The van der Waals surface area contributed by atoms with E-state index in [0.717, 1.165) is 22.5 Å². The molecular weight excluding hydrogens is 408 g/mol. The lowest BCUT2D eigenvalue weighted by Crippen LogP contribution is -2.27. The van der Waals surface area contributed by atoms with Gasteiger partial charge in [0.2, 0.25) is 5.91 Å². The fraction of sp³-hybridized carbons (Fsp3) is 0.0870. The SMILES string of the molecule is N.Nc1ccccc1NCC(C(=O)Nc1nc(-c2ccncc2)cs1)c1ccccc1.[HH]. The molecule has 2 heterocycles. The van der Waals surface area contributed by atoms with E-state index in [1.54, 1.807) is 12.4 Å². The maximum Gasteiger partial charge on any atom is 0.235 e. The topological polar surface area (TPSA) is 128 Å². The number of para-hydroxylation sites is 2. The van der Waals surface area contributed by atoms with Crippen LogP contribution < -0.4 is 22.5 Å². The molecule has 0 radical (unpaired) electrons. The molecule has 8 heteroatoms. The largest absolute Gasteiger partial charge is 0.397 e. The Balaban J connectivity index is 0.00000181. The Labute approximate surface area is 186 Å². The summed E-state index contributed by atoms with van der Waals surface area (Å²) < 4.78 is 0.